The molecule has 4 heteroatoms. The zero-order valence-corrected chi connectivity index (χ0v) is 21.3. The Morgan fingerprint density at radius 3 is 1.50 bits per heavy atom. The average Bonchev–Trinajstić information content (AvgIpc) is 3.42. The fourth-order valence-corrected chi connectivity index (χ4v) is 9.98. The summed E-state index contributed by atoms with van der Waals surface area (Å²) in [4.78, 5) is 7.43. The molecule has 1 aliphatic heterocycles. The van der Waals surface area contributed by atoms with E-state index in [1.54, 1.807) is 7.16 Å². The molecule has 8 bridgehead atoms. The third-order valence-electron chi connectivity index (χ3n) is 5.84. The van der Waals surface area contributed by atoms with Gasteiger partial charge in [-0.3, -0.25) is 0 Å². The van der Waals surface area contributed by atoms with Gasteiger partial charge in [0.05, 0.1) is 0 Å². The van der Waals surface area contributed by atoms with Crippen LogP contribution in [0.2, 0.25) is 0 Å². The Balaban J connectivity index is 1.77. The van der Waals surface area contributed by atoms with Gasteiger partial charge in [0.2, 0.25) is 0 Å². The summed E-state index contributed by atoms with van der Waals surface area (Å²) in [6.07, 6.45) is 4.69. The van der Waals surface area contributed by atoms with Gasteiger partial charge in [-0.1, -0.05) is 0 Å². The van der Waals surface area contributed by atoms with Gasteiger partial charge in [0.15, 0.2) is 0 Å². The van der Waals surface area contributed by atoms with Gasteiger partial charge in [-0.15, -0.1) is 0 Å². The van der Waals surface area contributed by atoms with Crippen molar-refractivity contribution >= 4 is 53.0 Å². The third kappa shape index (κ3) is 3.16. The molecule has 0 aromatic carbocycles. The molecule has 0 saturated heterocycles. The van der Waals surface area contributed by atoms with Crippen molar-refractivity contribution in [3.8, 4) is 0 Å². The van der Waals surface area contributed by atoms with Gasteiger partial charge in [-0.2, -0.15) is 0 Å². The van der Waals surface area contributed by atoms with E-state index in [0.29, 0.717) is 0 Å². The summed E-state index contributed by atoms with van der Waals surface area (Å²) in [6, 6.07) is 18.5. The molecule has 0 aliphatic carbocycles. The molecule has 0 unspecified atom stereocenters. The van der Waals surface area contributed by atoms with E-state index >= 15 is 0 Å². The van der Waals surface area contributed by atoms with Crippen molar-refractivity contribution in [2.75, 3.05) is 0 Å². The number of aromatic amines is 2. The Morgan fingerprint density at radius 2 is 1.04 bits per heavy atom. The maximum absolute atomic E-state index is 3.71. The van der Waals surface area contributed by atoms with Gasteiger partial charge in [0.1, 0.15) is 0 Å². The standard InChI is InChI=1S/C24H24N2Te2/c1-23(2)19-9-5-15(25-19)13-17-7-8-18(27-17)14-16-6-10-20(26-16)24(3,4)22-12-11-21(23)28-22/h5-14,25-26H,1-4H3/b17-13-,18-14+. The van der Waals surface area contributed by atoms with Crippen molar-refractivity contribution in [2.45, 2.75) is 38.5 Å². The second-order valence-electron chi connectivity index (χ2n) is 8.60. The molecule has 5 heterocycles. The van der Waals surface area contributed by atoms with Crippen LogP contribution in [0.4, 0.5) is 0 Å². The van der Waals surface area contributed by atoms with Crippen LogP contribution in [0.15, 0.2) is 48.5 Å². The molecular formula is C24H24N2Te2. The summed E-state index contributed by atoms with van der Waals surface area (Å²) in [5, 5.41) is 0. The summed E-state index contributed by atoms with van der Waals surface area (Å²) < 4.78 is 6.19. The fourth-order valence-electron chi connectivity index (χ4n) is 3.83. The normalized spacial score (nSPS) is 19.4. The van der Waals surface area contributed by atoms with Crippen LogP contribution in [0.1, 0.15) is 57.6 Å². The number of hydrogen-bond acceptors (Lipinski definition) is 0. The number of aromatic nitrogens is 2. The minimum absolute atomic E-state index is 0.0541. The monoisotopic (exact) mass is 600 g/mol. The number of fused-ring (bicyclic) bond motifs is 8. The zero-order chi connectivity index (χ0) is 19.5. The number of rotatable bonds is 0. The second kappa shape index (κ2) is 6.68. The summed E-state index contributed by atoms with van der Waals surface area (Å²) in [6.45, 7) is 9.49. The van der Waals surface area contributed by atoms with Crippen molar-refractivity contribution in [3.63, 3.8) is 0 Å². The Bertz CT molecular complexity index is 1180. The molecule has 0 atom stereocenters. The Hall–Kier alpha value is -1.16. The number of H-pyrrole nitrogens is 2. The van der Waals surface area contributed by atoms with E-state index in [9.17, 15) is 0 Å². The zero-order valence-electron chi connectivity index (χ0n) is 16.6. The van der Waals surface area contributed by atoms with Crippen molar-refractivity contribution in [1.29, 1.82) is 0 Å². The van der Waals surface area contributed by atoms with Gasteiger partial charge in [-0.25, -0.2) is 0 Å². The van der Waals surface area contributed by atoms with E-state index in [2.05, 4.69) is 98.3 Å². The third-order valence-corrected chi connectivity index (χ3v) is 13.6. The SMILES string of the molecule is CC1(C)c2ccc([nH]2)/C=c2/cc/c([te]2)=C\c2ccc([nH]2)C(C)(C)c2ccc1[te]2. The molecule has 1 aliphatic rings. The summed E-state index contributed by atoms with van der Waals surface area (Å²) in [5.74, 6) is 0. The Kier molecular flexibility index (Phi) is 4.50. The summed E-state index contributed by atoms with van der Waals surface area (Å²) >= 11 is -0.699. The molecule has 2 N–H and O–H groups in total. The molecular weight excluding hydrogens is 571 g/mol. The van der Waals surface area contributed by atoms with E-state index in [4.69, 9.17) is 0 Å². The first kappa shape index (κ1) is 18.8. The van der Waals surface area contributed by atoms with E-state index in [0.717, 1.165) is 0 Å². The molecule has 4 aromatic rings. The van der Waals surface area contributed by atoms with Crippen molar-refractivity contribution in [1.82, 2.24) is 9.97 Å². The van der Waals surface area contributed by atoms with Crippen LogP contribution >= 0.6 is 0 Å². The van der Waals surface area contributed by atoms with E-state index in [1.165, 1.54) is 29.2 Å². The van der Waals surface area contributed by atoms with Gasteiger partial charge in [0.25, 0.3) is 0 Å². The van der Waals surface area contributed by atoms with Crippen LogP contribution < -0.4 is 6.47 Å². The van der Waals surface area contributed by atoms with Crippen LogP contribution in [0, 0.1) is 0 Å². The first-order valence-electron chi connectivity index (χ1n) is 9.61. The molecule has 28 heavy (non-hydrogen) atoms. The summed E-state index contributed by atoms with van der Waals surface area (Å²) in [7, 11) is 0. The molecule has 5 rings (SSSR count). The predicted molar refractivity (Wildman–Crippen MR) is 119 cm³/mol. The molecule has 2 nitrogen and oxygen atoms in total. The topological polar surface area (TPSA) is 31.6 Å². The van der Waals surface area contributed by atoms with Crippen molar-refractivity contribution in [2.24, 2.45) is 0 Å². The van der Waals surface area contributed by atoms with E-state index in [-0.39, 0.29) is 51.7 Å². The molecule has 0 amide bonds. The van der Waals surface area contributed by atoms with Gasteiger partial charge < -0.3 is 0 Å². The minimum atomic E-state index is -0.377. The Morgan fingerprint density at radius 1 is 0.571 bits per heavy atom. The van der Waals surface area contributed by atoms with Crippen molar-refractivity contribution < 1.29 is 0 Å². The molecule has 142 valence electrons. The molecule has 0 saturated carbocycles. The fraction of sp³-hybridized carbons (Fsp3) is 0.250. The number of hydrogen-bond donors (Lipinski definition) is 2. The van der Waals surface area contributed by atoms with Gasteiger partial charge >= 0.3 is 186 Å². The van der Waals surface area contributed by atoms with Gasteiger partial charge in [0, 0.05) is 0 Å². The van der Waals surface area contributed by atoms with Crippen LogP contribution in [0.25, 0.3) is 12.2 Å². The molecule has 4 aromatic heterocycles. The van der Waals surface area contributed by atoms with E-state index in [1.807, 2.05) is 0 Å². The molecule has 0 spiro atoms. The van der Waals surface area contributed by atoms with Crippen LogP contribution in [0.3, 0.4) is 0 Å². The van der Waals surface area contributed by atoms with E-state index < -0.39 is 0 Å². The molecule has 0 fully saturated rings. The van der Waals surface area contributed by atoms with Crippen LogP contribution in [-0.2, 0) is 10.8 Å². The Labute approximate surface area is 185 Å². The van der Waals surface area contributed by atoms with Crippen molar-refractivity contribution in [3.05, 3.63) is 84.9 Å². The van der Waals surface area contributed by atoms with Crippen LogP contribution in [-0.4, -0.2) is 50.8 Å². The van der Waals surface area contributed by atoms with Crippen LogP contribution in [0.5, 0.6) is 0 Å². The second-order valence-corrected chi connectivity index (χ2v) is 15.0. The predicted octanol–water partition coefficient (Wildman–Crippen LogP) is 3.08. The number of nitrogens with one attached hydrogen (secondary N) is 2. The molecule has 0 radical (unpaired) electrons. The van der Waals surface area contributed by atoms with Gasteiger partial charge in [-0.05, 0) is 0 Å². The average molecular weight is 596 g/mol. The maximum atomic E-state index is 3.71. The quantitative estimate of drug-likeness (QED) is 0.293. The first-order valence-corrected chi connectivity index (χ1v) is 14.3. The first-order chi connectivity index (χ1) is 13.3. The summed E-state index contributed by atoms with van der Waals surface area (Å²) in [5.41, 5.74) is 5.23.